The van der Waals surface area contributed by atoms with E-state index in [4.69, 9.17) is 0 Å². The number of carbonyl (C=O) groups excluding carboxylic acids is 1. The topological polar surface area (TPSA) is 29.1 Å². The van der Waals surface area contributed by atoms with Crippen molar-refractivity contribution in [3.05, 3.63) is 39.6 Å². The Morgan fingerprint density at radius 2 is 1.42 bits per heavy atom. The molecule has 0 saturated heterocycles. The summed E-state index contributed by atoms with van der Waals surface area (Å²) in [5, 5.41) is 3.17. The van der Waals surface area contributed by atoms with E-state index in [1.807, 2.05) is 6.07 Å². The van der Waals surface area contributed by atoms with Crippen molar-refractivity contribution >= 4 is 30.9 Å². The van der Waals surface area contributed by atoms with Crippen molar-refractivity contribution in [2.45, 2.75) is 72.6 Å². The number of hydrogen-bond donors (Lipinski definition) is 1. The van der Waals surface area contributed by atoms with E-state index >= 15 is 0 Å². The maximum absolute atomic E-state index is 11.4. The van der Waals surface area contributed by atoms with Gasteiger partial charge in [0.25, 0.3) is 0 Å². The van der Waals surface area contributed by atoms with Crippen molar-refractivity contribution in [3.63, 3.8) is 0 Å². The van der Waals surface area contributed by atoms with E-state index in [1.54, 1.807) is 0 Å². The average Bonchev–Trinajstić information content (AvgIpc) is 2.62. The molecular weight excluding hydrogens is 401 g/mol. The van der Waals surface area contributed by atoms with Gasteiger partial charge in [0, 0.05) is 0 Å². The summed E-state index contributed by atoms with van der Waals surface area (Å²) in [4.78, 5) is 11.4. The van der Waals surface area contributed by atoms with E-state index in [0.717, 1.165) is 6.41 Å². The molecule has 1 aromatic rings. The minimum absolute atomic E-state index is 0.907. The van der Waals surface area contributed by atoms with Gasteiger partial charge in [-0.05, 0) is 0 Å². The maximum atomic E-state index is 11.4. The van der Waals surface area contributed by atoms with Crippen LogP contribution in [0.2, 0.25) is 13.3 Å². The Labute approximate surface area is 153 Å². The van der Waals surface area contributed by atoms with E-state index in [9.17, 15) is 4.79 Å². The number of benzene rings is 1. The van der Waals surface area contributed by atoms with Crippen LogP contribution < -0.4 is 5.32 Å². The van der Waals surface area contributed by atoms with E-state index in [0.29, 0.717) is 0 Å². The van der Waals surface area contributed by atoms with Crippen molar-refractivity contribution in [2.24, 2.45) is 0 Å². The molecule has 3 heteroatoms. The third-order valence-electron chi connectivity index (χ3n) is 4.92. The fourth-order valence-electron chi connectivity index (χ4n) is 3.45. The van der Waals surface area contributed by atoms with Crippen molar-refractivity contribution in [3.8, 4) is 0 Å². The van der Waals surface area contributed by atoms with Gasteiger partial charge >= 0.3 is 153 Å². The van der Waals surface area contributed by atoms with Gasteiger partial charge in [-0.25, -0.2) is 0 Å². The number of nitrogens with one attached hydrogen (secondary N) is 1. The molecule has 0 radical (unpaired) electrons. The molecule has 134 valence electrons. The average molecular weight is 436 g/mol. The summed E-state index contributed by atoms with van der Waals surface area (Å²) in [5.41, 5.74) is 1.22. The van der Waals surface area contributed by atoms with E-state index in [-0.39, 0.29) is 0 Å². The summed E-state index contributed by atoms with van der Waals surface area (Å²) in [6, 6.07) is 10.5. The van der Waals surface area contributed by atoms with Gasteiger partial charge in [0.2, 0.25) is 0 Å². The predicted molar refractivity (Wildman–Crippen MR) is 109 cm³/mol. The SMILES string of the molecule is CCC[CH2][Sn]([CH2]CCC)([CH2]CCC)/[C](=C/c1ccccc1)NC=O. The van der Waals surface area contributed by atoms with Crippen LogP contribution in [-0.2, 0) is 4.79 Å². The van der Waals surface area contributed by atoms with Crippen LogP contribution in [0.3, 0.4) is 0 Å². The molecule has 0 spiro atoms. The molecule has 1 amide bonds. The van der Waals surface area contributed by atoms with Crippen molar-refractivity contribution in [2.75, 3.05) is 0 Å². The standard InChI is InChI=1S/C9H8NO.3C4H9.Sn/c11-8-10-7-6-9-4-2-1-3-5-9;3*1-3-4-2;/h1-6,8H,(H,10,11);3*1,3-4H2,2H3;. The Bertz CT molecular complexity index is 462. The second-order valence-electron chi connectivity index (χ2n) is 6.82. The molecule has 0 aliphatic heterocycles. The molecule has 0 atom stereocenters. The zero-order valence-corrected chi connectivity index (χ0v) is 18.7. The first-order valence-electron chi connectivity index (χ1n) is 9.69. The Balaban J connectivity index is 3.24. The van der Waals surface area contributed by atoms with E-state index < -0.39 is 18.4 Å². The fourth-order valence-corrected chi connectivity index (χ4v) is 19.1. The molecule has 0 saturated carbocycles. The van der Waals surface area contributed by atoms with Crippen molar-refractivity contribution in [1.82, 2.24) is 5.32 Å². The van der Waals surface area contributed by atoms with E-state index in [1.165, 1.54) is 61.1 Å². The van der Waals surface area contributed by atoms with E-state index in [2.05, 4.69) is 56.4 Å². The summed E-state index contributed by atoms with van der Waals surface area (Å²) in [7, 11) is 0. The summed E-state index contributed by atoms with van der Waals surface area (Å²) < 4.78 is 5.42. The summed E-state index contributed by atoms with van der Waals surface area (Å²) in [6.45, 7) is 6.85. The van der Waals surface area contributed by atoms with Gasteiger partial charge in [0.1, 0.15) is 0 Å². The Morgan fingerprint density at radius 1 is 0.917 bits per heavy atom. The molecule has 1 N–H and O–H groups in total. The zero-order chi connectivity index (χ0) is 17.7. The molecule has 24 heavy (non-hydrogen) atoms. The second kappa shape index (κ2) is 12.6. The molecule has 0 heterocycles. The molecule has 1 rings (SSSR count). The van der Waals surface area contributed by atoms with Crippen LogP contribution in [0.1, 0.15) is 64.9 Å². The van der Waals surface area contributed by atoms with Gasteiger partial charge in [-0.1, -0.05) is 0 Å². The number of carbonyl (C=O) groups is 1. The van der Waals surface area contributed by atoms with Gasteiger partial charge in [0.15, 0.2) is 0 Å². The first-order chi connectivity index (χ1) is 11.7. The van der Waals surface area contributed by atoms with Gasteiger partial charge in [0.05, 0.1) is 0 Å². The minimum atomic E-state index is -2.58. The molecule has 0 aromatic heterocycles. The molecular formula is C21H35NOSn. The van der Waals surface area contributed by atoms with Crippen LogP contribution in [0, 0.1) is 0 Å². The Morgan fingerprint density at radius 3 is 1.83 bits per heavy atom. The molecule has 0 unspecified atom stereocenters. The Kier molecular flexibility index (Phi) is 11.1. The number of amides is 1. The molecule has 0 aliphatic rings. The number of hydrogen-bond acceptors (Lipinski definition) is 1. The second-order valence-corrected chi connectivity index (χ2v) is 19.9. The normalized spacial score (nSPS) is 12.2. The summed E-state index contributed by atoms with van der Waals surface area (Å²) in [5.74, 6) is 0. The molecule has 0 aliphatic carbocycles. The van der Waals surface area contributed by atoms with Gasteiger partial charge in [-0.15, -0.1) is 0 Å². The van der Waals surface area contributed by atoms with Crippen molar-refractivity contribution < 1.29 is 4.79 Å². The van der Waals surface area contributed by atoms with Crippen LogP contribution in [0.4, 0.5) is 0 Å². The molecule has 0 bridgehead atoms. The molecule has 1 aromatic carbocycles. The van der Waals surface area contributed by atoms with Crippen LogP contribution in [0.25, 0.3) is 6.08 Å². The van der Waals surface area contributed by atoms with Gasteiger partial charge < -0.3 is 0 Å². The Hall–Kier alpha value is -0.771. The van der Waals surface area contributed by atoms with Crippen LogP contribution >= 0.6 is 0 Å². The molecule has 2 nitrogen and oxygen atoms in total. The first kappa shape index (κ1) is 21.3. The third-order valence-corrected chi connectivity index (χ3v) is 20.2. The monoisotopic (exact) mass is 437 g/mol. The van der Waals surface area contributed by atoms with Crippen LogP contribution in [0.5, 0.6) is 0 Å². The third kappa shape index (κ3) is 7.00. The van der Waals surface area contributed by atoms with Crippen LogP contribution in [0.15, 0.2) is 34.0 Å². The fraction of sp³-hybridized carbons (Fsp3) is 0.571. The zero-order valence-electron chi connectivity index (χ0n) is 15.8. The summed E-state index contributed by atoms with van der Waals surface area (Å²) >= 11 is -2.58. The number of unbranched alkanes of at least 4 members (excludes halogenated alkanes) is 3. The van der Waals surface area contributed by atoms with Gasteiger partial charge in [-0.2, -0.15) is 0 Å². The van der Waals surface area contributed by atoms with Crippen molar-refractivity contribution in [1.29, 1.82) is 0 Å². The first-order valence-corrected chi connectivity index (χ1v) is 17.2. The summed E-state index contributed by atoms with van der Waals surface area (Å²) in [6.07, 6.45) is 10.8. The van der Waals surface area contributed by atoms with Gasteiger partial charge in [-0.3, -0.25) is 0 Å². The quantitative estimate of drug-likeness (QED) is 0.291. The molecule has 0 fully saturated rings. The number of rotatable bonds is 13. The van der Waals surface area contributed by atoms with Crippen LogP contribution in [-0.4, -0.2) is 24.8 Å². The predicted octanol–water partition coefficient (Wildman–Crippen LogP) is 6.16.